The quantitative estimate of drug-likeness (QED) is 0.730. The van der Waals surface area contributed by atoms with Gasteiger partial charge in [0.2, 0.25) is 16.8 Å². The molecular formula is C19H21NO6S. The first-order valence-corrected chi connectivity index (χ1v) is 10.4. The first kappa shape index (κ1) is 17.9. The molecule has 0 radical (unpaired) electrons. The lowest BCUT2D eigenvalue weighted by molar-refractivity contribution is 0.171. The largest absolute Gasteiger partial charge is 0.486 e. The number of hydrogen-bond donors (Lipinski definition) is 1. The molecule has 2 aliphatic rings. The van der Waals surface area contributed by atoms with E-state index in [1.807, 2.05) is 18.2 Å². The molecule has 144 valence electrons. The second-order valence-corrected chi connectivity index (χ2v) is 8.11. The van der Waals surface area contributed by atoms with Crippen LogP contribution in [0.5, 0.6) is 23.0 Å². The third kappa shape index (κ3) is 4.12. The minimum atomic E-state index is -3.56. The van der Waals surface area contributed by atoms with E-state index in [1.165, 1.54) is 12.1 Å². The van der Waals surface area contributed by atoms with Crippen molar-refractivity contribution in [3.63, 3.8) is 0 Å². The maximum Gasteiger partial charge on any atom is 0.240 e. The summed E-state index contributed by atoms with van der Waals surface area (Å²) in [6.07, 6.45) is 2.45. The Balaban J connectivity index is 1.26. The molecule has 0 aliphatic carbocycles. The average Bonchev–Trinajstić information content (AvgIpc) is 3.15. The molecule has 0 atom stereocenters. The summed E-state index contributed by atoms with van der Waals surface area (Å²) in [5.41, 5.74) is 1.15. The topological polar surface area (TPSA) is 83.1 Å². The van der Waals surface area contributed by atoms with Crippen LogP contribution >= 0.6 is 0 Å². The van der Waals surface area contributed by atoms with Gasteiger partial charge in [-0.05, 0) is 49.1 Å². The molecule has 0 unspecified atom stereocenters. The predicted octanol–water partition coefficient (Wildman–Crippen LogP) is 2.49. The van der Waals surface area contributed by atoms with Gasteiger partial charge in [-0.1, -0.05) is 6.07 Å². The maximum absolute atomic E-state index is 12.4. The van der Waals surface area contributed by atoms with Crippen molar-refractivity contribution in [1.29, 1.82) is 0 Å². The molecule has 1 N–H and O–H groups in total. The van der Waals surface area contributed by atoms with Gasteiger partial charge in [-0.25, -0.2) is 13.1 Å². The summed E-state index contributed by atoms with van der Waals surface area (Å²) in [5, 5.41) is 0. The Bertz CT molecular complexity index is 928. The SMILES string of the molecule is O=S(=O)(NCCCCc1ccc2c(c1)OCCO2)c1ccc2c(c1)OCO2. The summed E-state index contributed by atoms with van der Waals surface area (Å²) in [7, 11) is -3.56. The van der Waals surface area contributed by atoms with E-state index in [0.717, 1.165) is 36.3 Å². The summed E-state index contributed by atoms with van der Waals surface area (Å²) < 4.78 is 48.9. The number of ether oxygens (including phenoxy) is 4. The molecule has 4 rings (SSSR count). The molecule has 27 heavy (non-hydrogen) atoms. The molecule has 0 saturated heterocycles. The fourth-order valence-corrected chi connectivity index (χ4v) is 4.12. The first-order chi connectivity index (χ1) is 13.1. The number of fused-ring (bicyclic) bond motifs is 2. The predicted molar refractivity (Wildman–Crippen MR) is 98.1 cm³/mol. The molecule has 0 spiro atoms. The van der Waals surface area contributed by atoms with Crippen LogP contribution in [0, 0.1) is 0 Å². The van der Waals surface area contributed by atoms with E-state index in [1.54, 1.807) is 6.07 Å². The molecule has 7 nitrogen and oxygen atoms in total. The lowest BCUT2D eigenvalue weighted by Gasteiger charge is -2.18. The Hall–Kier alpha value is -2.45. The summed E-state index contributed by atoms with van der Waals surface area (Å²) in [6.45, 7) is 1.64. The first-order valence-electron chi connectivity index (χ1n) is 8.90. The molecule has 0 amide bonds. The Morgan fingerprint density at radius 3 is 2.41 bits per heavy atom. The lowest BCUT2D eigenvalue weighted by atomic mass is 10.1. The van der Waals surface area contributed by atoms with Gasteiger partial charge in [-0.15, -0.1) is 0 Å². The van der Waals surface area contributed by atoms with Crippen molar-refractivity contribution in [3.05, 3.63) is 42.0 Å². The van der Waals surface area contributed by atoms with Crippen molar-refractivity contribution < 1.29 is 27.4 Å². The summed E-state index contributed by atoms with van der Waals surface area (Å²) in [5.74, 6) is 2.58. The number of hydrogen-bond acceptors (Lipinski definition) is 6. The van der Waals surface area contributed by atoms with Gasteiger partial charge in [0.25, 0.3) is 0 Å². The van der Waals surface area contributed by atoms with Gasteiger partial charge in [0.05, 0.1) is 4.90 Å². The molecule has 0 saturated carbocycles. The maximum atomic E-state index is 12.4. The zero-order chi connectivity index (χ0) is 18.7. The van der Waals surface area contributed by atoms with Crippen LogP contribution in [0.3, 0.4) is 0 Å². The molecule has 2 aromatic carbocycles. The van der Waals surface area contributed by atoms with Gasteiger partial charge in [0.15, 0.2) is 23.0 Å². The molecule has 0 fully saturated rings. The van der Waals surface area contributed by atoms with Crippen LogP contribution in [0.4, 0.5) is 0 Å². The van der Waals surface area contributed by atoms with Crippen LogP contribution in [0.1, 0.15) is 18.4 Å². The van der Waals surface area contributed by atoms with E-state index in [4.69, 9.17) is 18.9 Å². The number of unbranched alkanes of at least 4 members (excludes halogenated alkanes) is 1. The van der Waals surface area contributed by atoms with Crippen LogP contribution in [0.15, 0.2) is 41.3 Å². The Labute approximate surface area is 158 Å². The molecule has 0 aromatic heterocycles. The molecule has 0 bridgehead atoms. The number of sulfonamides is 1. The second kappa shape index (κ2) is 7.66. The van der Waals surface area contributed by atoms with Crippen molar-refractivity contribution in [3.8, 4) is 23.0 Å². The Kier molecular flexibility index (Phi) is 5.09. The molecule has 2 aromatic rings. The second-order valence-electron chi connectivity index (χ2n) is 6.35. The molecular weight excluding hydrogens is 370 g/mol. The smallest absolute Gasteiger partial charge is 0.240 e. The van der Waals surface area contributed by atoms with Gasteiger partial charge in [-0.2, -0.15) is 0 Å². The summed E-state index contributed by atoms with van der Waals surface area (Å²) in [6, 6.07) is 10.5. The van der Waals surface area contributed by atoms with Crippen LogP contribution in [0.2, 0.25) is 0 Å². The van der Waals surface area contributed by atoms with Crippen molar-refractivity contribution in [2.45, 2.75) is 24.2 Å². The normalized spacial score (nSPS) is 15.0. The van der Waals surface area contributed by atoms with Gasteiger partial charge in [0, 0.05) is 12.6 Å². The highest BCUT2D eigenvalue weighted by atomic mass is 32.2. The molecule has 2 aliphatic heterocycles. The van der Waals surface area contributed by atoms with E-state index >= 15 is 0 Å². The van der Waals surface area contributed by atoms with Crippen molar-refractivity contribution in [1.82, 2.24) is 4.72 Å². The summed E-state index contributed by atoms with van der Waals surface area (Å²) in [4.78, 5) is 0.179. The van der Waals surface area contributed by atoms with Crippen LogP contribution < -0.4 is 23.7 Å². The standard InChI is InChI=1S/C19H21NO6S/c21-27(22,15-5-7-17-19(12-15)26-13-25-17)20-8-2-1-3-14-4-6-16-18(11-14)24-10-9-23-16/h4-7,11-12,20H,1-3,8-10,13H2. The van der Waals surface area contributed by atoms with Gasteiger partial charge in [-0.3, -0.25) is 0 Å². The van der Waals surface area contributed by atoms with E-state index in [0.29, 0.717) is 31.3 Å². The van der Waals surface area contributed by atoms with Crippen molar-refractivity contribution in [2.75, 3.05) is 26.6 Å². The number of nitrogens with one attached hydrogen (secondary N) is 1. The molecule has 2 heterocycles. The van der Waals surface area contributed by atoms with Gasteiger partial charge in [0.1, 0.15) is 13.2 Å². The Morgan fingerprint density at radius 2 is 1.52 bits per heavy atom. The van der Waals surface area contributed by atoms with Gasteiger partial charge >= 0.3 is 0 Å². The fourth-order valence-electron chi connectivity index (χ4n) is 3.03. The zero-order valence-corrected chi connectivity index (χ0v) is 15.6. The summed E-state index contributed by atoms with van der Waals surface area (Å²) >= 11 is 0. The van der Waals surface area contributed by atoms with Crippen LogP contribution in [0.25, 0.3) is 0 Å². The molecule has 8 heteroatoms. The van der Waals surface area contributed by atoms with Crippen LogP contribution in [-0.4, -0.2) is 35.0 Å². The third-order valence-electron chi connectivity index (χ3n) is 4.45. The van der Waals surface area contributed by atoms with Crippen molar-refractivity contribution in [2.24, 2.45) is 0 Å². The monoisotopic (exact) mass is 391 g/mol. The number of rotatable bonds is 7. The number of benzene rings is 2. The van der Waals surface area contributed by atoms with Crippen LogP contribution in [-0.2, 0) is 16.4 Å². The van der Waals surface area contributed by atoms with E-state index in [2.05, 4.69) is 4.72 Å². The zero-order valence-electron chi connectivity index (χ0n) is 14.8. The van der Waals surface area contributed by atoms with E-state index in [-0.39, 0.29) is 11.7 Å². The number of aryl methyl sites for hydroxylation is 1. The van der Waals surface area contributed by atoms with Crippen molar-refractivity contribution >= 4 is 10.0 Å². The highest BCUT2D eigenvalue weighted by Gasteiger charge is 2.19. The minimum Gasteiger partial charge on any atom is -0.486 e. The lowest BCUT2D eigenvalue weighted by Crippen LogP contribution is -2.24. The van der Waals surface area contributed by atoms with E-state index in [9.17, 15) is 8.42 Å². The highest BCUT2D eigenvalue weighted by Crippen LogP contribution is 2.34. The van der Waals surface area contributed by atoms with E-state index < -0.39 is 10.0 Å². The average molecular weight is 391 g/mol. The fraction of sp³-hybridized carbons (Fsp3) is 0.368. The van der Waals surface area contributed by atoms with Gasteiger partial charge < -0.3 is 18.9 Å². The highest BCUT2D eigenvalue weighted by molar-refractivity contribution is 7.89. The Morgan fingerprint density at radius 1 is 0.815 bits per heavy atom. The minimum absolute atomic E-state index is 0.117. The third-order valence-corrected chi connectivity index (χ3v) is 5.90.